The Morgan fingerprint density at radius 2 is 2.00 bits per heavy atom. The average molecular weight is 360 g/mol. The maximum atomic E-state index is 9.27. The van der Waals surface area contributed by atoms with Crippen LogP contribution in [0, 0.1) is 18.3 Å². The first-order chi connectivity index (χ1) is 13.2. The lowest BCUT2D eigenvalue weighted by atomic mass is 10.1. The van der Waals surface area contributed by atoms with Crippen molar-refractivity contribution < 1.29 is 8.94 Å². The lowest BCUT2D eigenvalue weighted by molar-refractivity contribution is 0.317. The zero-order valence-corrected chi connectivity index (χ0v) is 14.8. The normalized spacial score (nSPS) is 12.0. The SMILES string of the molecule is CCC(c1nc(C)no1)n1cc(-c2ccc(-c3ccccc3C#N)o2)nn1. The number of furan rings is 1. The first-order valence-corrected chi connectivity index (χ1v) is 8.51. The zero-order chi connectivity index (χ0) is 18.8. The van der Waals surface area contributed by atoms with Crippen LogP contribution in [0.3, 0.4) is 0 Å². The molecule has 0 aliphatic carbocycles. The van der Waals surface area contributed by atoms with E-state index in [1.165, 1.54) is 0 Å². The Labute approximate surface area is 155 Å². The van der Waals surface area contributed by atoms with Crippen LogP contribution in [0.5, 0.6) is 0 Å². The molecule has 0 radical (unpaired) electrons. The van der Waals surface area contributed by atoms with Gasteiger partial charge in [-0.2, -0.15) is 10.2 Å². The summed E-state index contributed by atoms with van der Waals surface area (Å²) in [6, 6.07) is 12.9. The number of aromatic nitrogens is 5. The van der Waals surface area contributed by atoms with Crippen LogP contribution in [-0.2, 0) is 0 Å². The van der Waals surface area contributed by atoms with Gasteiger partial charge in [-0.05, 0) is 37.6 Å². The summed E-state index contributed by atoms with van der Waals surface area (Å²) in [5, 5.41) is 21.5. The number of nitrogens with zero attached hydrogens (tertiary/aromatic N) is 6. The maximum Gasteiger partial charge on any atom is 0.251 e. The smallest absolute Gasteiger partial charge is 0.251 e. The van der Waals surface area contributed by atoms with Crippen molar-refractivity contribution in [3.8, 4) is 28.8 Å². The maximum absolute atomic E-state index is 9.27. The molecule has 4 rings (SSSR count). The predicted octanol–water partition coefficient (Wildman–Crippen LogP) is 3.77. The number of hydrogen-bond donors (Lipinski definition) is 0. The Bertz CT molecular complexity index is 1120. The molecule has 27 heavy (non-hydrogen) atoms. The minimum Gasteiger partial charge on any atom is -0.454 e. The highest BCUT2D eigenvalue weighted by atomic mass is 16.5. The number of rotatable bonds is 5. The van der Waals surface area contributed by atoms with Gasteiger partial charge in [-0.1, -0.05) is 29.4 Å². The first kappa shape index (κ1) is 16.7. The largest absolute Gasteiger partial charge is 0.454 e. The summed E-state index contributed by atoms with van der Waals surface area (Å²) in [6.45, 7) is 3.78. The van der Waals surface area contributed by atoms with Crippen molar-refractivity contribution in [2.45, 2.75) is 26.3 Å². The third-order valence-corrected chi connectivity index (χ3v) is 4.22. The van der Waals surface area contributed by atoms with Crippen molar-refractivity contribution >= 4 is 0 Å². The Morgan fingerprint density at radius 1 is 1.19 bits per heavy atom. The highest BCUT2D eigenvalue weighted by molar-refractivity contribution is 5.68. The van der Waals surface area contributed by atoms with Gasteiger partial charge in [-0.25, -0.2) is 4.68 Å². The van der Waals surface area contributed by atoms with Gasteiger partial charge in [0.15, 0.2) is 11.6 Å². The lowest BCUT2D eigenvalue weighted by Gasteiger charge is -2.08. The molecule has 4 aromatic rings. The minimum atomic E-state index is -0.193. The Balaban J connectivity index is 1.64. The second-order valence-electron chi connectivity index (χ2n) is 6.01. The van der Waals surface area contributed by atoms with Crippen LogP contribution in [0.4, 0.5) is 0 Å². The van der Waals surface area contributed by atoms with E-state index in [1.807, 2.05) is 37.3 Å². The standard InChI is InChI=1S/C19H16N6O2/c1-3-16(19-21-12(2)23-27-19)25-11-15(22-24-25)18-9-8-17(26-18)14-7-5-4-6-13(14)10-20/h4-9,11,16H,3H2,1-2H3. The van der Waals surface area contributed by atoms with Gasteiger partial charge in [-0.3, -0.25) is 0 Å². The quantitative estimate of drug-likeness (QED) is 0.533. The third kappa shape index (κ3) is 3.11. The molecule has 1 atom stereocenters. The average Bonchev–Trinajstić information content (AvgIpc) is 3.43. The van der Waals surface area contributed by atoms with E-state index in [4.69, 9.17) is 8.94 Å². The van der Waals surface area contributed by atoms with Gasteiger partial charge in [0.2, 0.25) is 0 Å². The predicted molar refractivity (Wildman–Crippen MR) is 95.3 cm³/mol. The molecule has 0 spiro atoms. The van der Waals surface area contributed by atoms with Crippen LogP contribution < -0.4 is 0 Å². The molecular formula is C19H16N6O2. The van der Waals surface area contributed by atoms with Crippen molar-refractivity contribution in [2.24, 2.45) is 0 Å². The van der Waals surface area contributed by atoms with Gasteiger partial charge in [-0.15, -0.1) is 5.10 Å². The molecule has 0 saturated carbocycles. The van der Waals surface area contributed by atoms with Crippen molar-refractivity contribution in [2.75, 3.05) is 0 Å². The molecule has 0 bridgehead atoms. The second-order valence-corrected chi connectivity index (χ2v) is 6.01. The Kier molecular flexibility index (Phi) is 4.26. The van der Waals surface area contributed by atoms with Crippen molar-refractivity contribution in [3.05, 3.63) is 59.9 Å². The first-order valence-electron chi connectivity index (χ1n) is 8.51. The van der Waals surface area contributed by atoms with E-state index in [0.717, 1.165) is 12.0 Å². The molecule has 8 heteroatoms. The summed E-state index contributed by atoms with van der Waals surface area (Å²) >= 11 is 0. The molecule has 0 aliphatic rings. The molecule has 8 nitrogen and oxygen atoms in total. The van der Waals surface area contributed by atoms with E-state index in [2.05, 4.69) is 26.5 Å². The van der Waals surface area contributed by atoms with E-state index in [0.29, 0.717) is 34.5 Å². The summed E-state index contributed by atoms with van der Waals surface area (Å²) in [7, 11) is 0. The molecule has 0 N–H and O–H groups in total. The van der Waals surface area contributed by atoms with Crippen molar-refractivity contribution in [1.82, 2.24) is 25.1 Å². The van der Waals surface area contributed by atoms with E-state index in [1.54, 1.807) is 23.9 Å². The highest BCUT2D eigenvalue weighted by Crippen LogP contribution is 2.30. The van der Waals surface area contributed by atoms with Gasteiger partial charge in [0.05, 0.1) is 17.8 Å². The molecule has 0 aliphatic heterocycles. The molecule has 0 fully saturated rings. The minimum absolute atomic E-state index is 0.193. The fraction of sp³-hybridized carbons (Fsp3) is 0.211. The monoisotopic (exact) mass is 360 g/mol. The van der Waals surface area contributed by atoms with Crippen LogP contribution in [0.1, 0.15) is 36.7 Å². The topological polar surface area (TPSA) is 107 Å². The Hall–Kier alpha value is -3.73. The van der Waals surface area contributed by atoms with Crippen LogP contribution in [0.25, 0.3) is 22.8 Å². The number of hydrogen-bond acceptors (Lipinski definition) is 7. The molecule has 134 valence electrons. The van der Waals surface area contributed by atoms with Crippen LogP contribution >= 0.6 is 0 Å². The van der Waals surface area contributed by atoms with Gasteiger partial charge >= 0.3 is 0 Å². The highest BCUT2D eigenvalue weighted by Gasteiger charge is 2.21. The molecule has 0 saturated heterocycles. The molecular weight excluding hydrogens is 344 g/mol. The van der Waals surface area contributed by atoms with Gasteiger partial charge in [0, 0.05) is 5.56 Å². The molecule has 1 unspecified atom stereocenters. The van der Waals surface area contributed by atoms with Gasteiger partial charge < -0.3 is 8.94 Å². The van der Waals surface area contributed by atoms with E-state index in [9.17, 15) is 5.26 Å². The van der Waals surface area contributed by atoms with Crippen LogP contribution in [0.15, 0.2) is 51.5 Å². The van der Waals surface area contributed by atoms with Crippen LogP contribution in [0.2, 0.25) is 0 Å². The summed E-state index contributed by atoms with van der Waals surface area (Å²) < 4.78 is 12.9. The van der Waals surface area contributed by atoms with E-state index < -0.39 is 0 Å². The number of benzene rings is 1. The molecule has 1 aromatic carbocycles. The zero-order valence-electron chi connectivity index (χ0n) is 14.8. The van der Waals surface area contributed by atoms with Crippen molar-refractivity contribution in [1.29, 1.82) is 5.26 Å². The molecule has 3 aromatic heterocycles. The lowest BCUT2D eigenvalue weighted by Crippen LogP contribution is -2.11. The number of aryl methyl sites for hydroxylation is 1. The molecule has 0 amide bonds. The number of nitriles is 1. The summed E-state index contributed by atoms with van der Waals surface area (Å²) in [5.74, 6) is 2.25. The van der Waals surface area contributed by atoms with Crippen molar-refractivity contribution in [3.63, 3.8) is 0 Å². The summed E-state index contributed by atoms with van der Waals surface area (Å²) in [5.41, 5.74) is 1.89. The summed E-state index contributed by atoms with van der Waals surface area (Å²) in [4.78, 5) is 4.28. The van der Waals surface area contributed by atoms with E-state index in [-0.39, 0.29) is 6.04 Å². The molecule has 3 heterocycles. The van der Waals surface area contributed by atoms with E-state index >= 15 is 0 Å². The fourth-order valence-electron chi connectivity index (χ4n) is 2.88. The third-order valence-electron chi connectivity index (χ3n) is 4.22. The van der Waals surface area contributed by atoms with Gasteiger partial charge in [0.25, 0.3) is 5.89 Å². The second kappa shape index (κ2) is 6.88. The Morgan fingerprint density at radius 3 is 2.74 bits per heavy atom. The summed E-state index contributed by atoms with van der Waals surface area (Å²) in [6.07, 6.45) is 2.51. The van der Waals surface area contributed by atoms with Gasteiger partial charge in [0.1, 0.15) is 17.5 Å². The fourth-order valence-corrected chi connectivity index (χ4v) is 2.88. The van der Waals surface area contributed by atoms with Crippen LogP contribution in [-0.4, -0.2) is 25.1 Å².